The third kappa shape index (κ3) is 6.00. The summed E-state index contributed by atoms with van der Waals surface area (Å²) in [5.74, 6) is -0.903. The Hall–Kier alpha value is -4.24. The van der Waals surface area contributed by atoms with Crippen molar-refractivity contribution in [3.63, 3.8) is 0 Å². The quantitative estimate of drug-likeness (QED) is 0.421. The highest BCUT2D eigenvalue weighted by molar-refractivity contribution is 5.97. The van der Waals surface area contributed by atoms with Crippen molar-refractivity contribution in [3.8, 4) is 0 Å². The zero-order valence-corrected chi connectivity index (χ0v) is 27.5. The topological polar surface area (TPSA) is 102 Å². The molecule has 9 nitrogen and oxygen atoms in total. The van der Waals surface area contributed by atoms with Crippen molar-refractivity contribution >= 4 is 34.4 Å². The zero-order chi connectivity index (χ0) is 32.7. The van der Waals surface area contributed by atoms with Crippen LogP contribution in [0.25, 0.3) is 10.8 Å². The van der Waals surface area contributed by atoms with E-state index in [-0.39, 0.29) is 42.8 Å². The molecule has 6 rings (SSSR count). The van der Waals surface area contributed by atoms with E-state index >= 15 is 0 Å². The van der Waals surface area contributed by atoms with Crippen LogP contribution in [0.1, 0.15) is 50.8 Å². The average molecular weight is 624 g/mol. The minimum Gasteiger partial charge on any atom is -0.342 e. The molecule has 3 aromatic carbocycles. The number of hydrogen-bond donors (Lipinski definition) is 2. The van der Waals surface area contributed by atoms with Crippen molar-refractivity contribution in [2.24, 2.45) is 5.41 Å². The van der Waals surface area contributed by atoms with E-state index in [2.05, 4.69) is 47.0 Å². The van der Waals surface area contributed by atoms with Gasteiger partial charge in [-0.1, -0.05) is 87.5 Å². The van der Waals surface area contributed by atoms with E-state index in [0.717, 1.165) is 35.6 Å². The van der Waals surface area contributed by atoms with Crippen LogP contribution in [0, 0.1) is 5.41 Å². The first kappa shape index (κ1) is 31.7. The second-order valence-corrected chi connectivity index (χ2v) is 14.1. The number of rotatable bonds is 7. The molecule has 1 aliphatic carbocycles. The van der Waals surface area contributed by atoms with Crippen LogP contribution in [0.15, 0.2) is 66.7 Å². The fourth-order valence-corrected chi connectivity index (χ4v) is 7.28. The highest BCUT2D eigenvalue weighted by Gasteiger charge is 2.54. The highest BCUT2D eigenvalue weighted by atomic mass is 16.2. The predicted molar refractivity (Wildman–Crippen MR) is 178 cm³/mol. The van der Waals surface area contributed by atoms with Gasteiger partial charge in [-0.25, -0.2) is 0 Å². The molecule has 2 N–H and O–H groups in total. The van der Waals surface area contributed by atoms with Gasteiger partial charge in [0.15, 0.2) is 0 Å². The van der Waals surface area contributed by atoms with Gasteiger partial charge < -0.3 is 25.3 Å². The van der Waals surface area contributed by atoms with E-state index in [0.29, 0.717) is 6.42 Å². The van der Waals surface area contributed by atoms with Crippen molar-refractivity contribution in [2.45, 2.75) is 83.7 Å². The molecule has 2 aliphatic heterocycles. The van der Waals surface area contributed by atoms with Gasteiger partial charge in [-0.2, -0.15) is 0 Å². The number of carbonyl (C=O) groups is 4. The Labute approximate surface area is 271 Å². The molecule has 2 heterocycles. The molecule has 46 heavy (non-hydrogen) atoms. The molecule has 4 amide bonds. The standard InChI is InChI=1S/C37H45N5O4/c1-23(38-5)34(44)39-33(37(2,3)4)36(46)41-22-32(43)42-30(19-24-14-15-25-10-6-8-12-27(25)18-24)35(45)40(21-31(41)42)29-17-16-26-11-7-9-13-28(26)20-29/h6-15,18,23,29-31,33,38H,16-17,19-22H2,1-5H3,(H,39,44)/t23-,29?,30-,31+,33+/m0/s1. The summed E-state index contributed by atoms with van der Waals surface area (Å²) in [6, 6.07) is 20.5. The van der Waals surface area contributed by atoms with Gasteiger partial charge in [0, 0.05) is 12.5 Å². The maximum Gasteiger partial charge on any atom is 0.247 e. The van der Waals surface area contributed by atoms with Gasteiger partial charge in [0.05, 0.1) is 12.6 Å². The van der Waals surface area contributed by atoms with Gasteiger partial charge in [0.1, 0.15) is 24.8 Å². The second-order valence-electron chi connectivity index (χ2n) is 14.1. The monoisotopic (exact) mass is 623 g/mol. The molecule has 0 saturated carbocycles. The van der Waals surface area contributed by atoms with Crippen LogP contribution in [0.4, 0.5) is 0 Å². The fraction of sp³-hybridized carbons (Fsp3) is 0.459. The number of fused-ring (bicyclic) bond motifs is 3. The lowest BCUT2D eigenvalue weighted by Crippen LogP contribution is -2.67. The number of likely N-dealkylation sites (N-methyl/N-ethyl adjacent to an activating group) is 1. The molecular weight excluding hydrogens is 578 g/mol. The Kier molecular flexibility index (Phi) is 8.63. The molecule has 3 aromatic rings. The van der Waals surface area contributed by atoms with E-state index in [9.17, 15) is 19.2 Å². The minimum atomic E-state index is -0.852. The van der Waals surface area contributed by atoms with E-state index in [4.69, 9.17) is 0 Å². The Morgan fingerprint density at radius 3 is 2.37 bits per heavy atom. The summed E-state index contributed by atoms with van der Waals surface area (Å²) in [5, 5.41) is 8.07. The minimum absolute atomic E-state index is 0.0362. The lowest BCUT2D eigenvalue weighted by atomic mass is 9.85. The molecule has 2 fully saturated rings. The molecule has 242 valence electrons. The van der Waals surface area contributed by atoms with Crippen LogP contribution < -0.4 is 10.6 Å². The smallest absolute Gasteiger partial charge is 0.247 e. The van der Waals surface area contributed by atoms with Crippen molar-refractivity contribution < 1.29 is 19.2 Å². The molecule has 0 aromatic heterocycles. The Bertz CT molecular complexity index is 1660. The molecule has 0 spiro atoms. The molecule has 9 heteroatoms. The van der Waals surface area contributed by atoms with Crippen LogP contribution in [-0.4, -0.2) is 88.8 Å². The third-order valence-corrected chi connectivity index (χ3v) is 10.1. The summed E-state index contributed by atoms with van der Waals surface area (Å²) in [5.41, 5.74) is 2.90. The maximum absolute atomic E-state index is 14.5. The third-order valence-electron chi connectivity index (χ3n) is 10.1. The van der Waals surface area contributed by atoms with E-state index in [1.54, 1.807) is 23.8 Å². The van der Waals surface area contributed by atoms with Crippen LogP contribution in [0.3, 0.4) is 0 Å². The lowest BCUT2D eigenvalue weighted by molar-refractivity contribution is -0.159. The van der Waals surface area contributed by atoms with E-state index in [1.807, 2.05) is 56.0 Å². The van der Waals surface area contributed by atoms with Gasteiger partial charge in [0.2, 0.25) is 23.6 Å². The van der Waals surface area contributed by atoms with E-state index in [1.165, 1.54) is 11.1 Å². The van der Waals surface area contributed by atoms with Gasteiger partial charge in [-0.15, -0.1) is 0 Å². The number of hydrogen-bond acceptors (Lipinski definition) is 5. The Balaban J connectivity index is 1.35. The number of piperazine rings is 1. The first-order valence-corrected chi connectivity index (χ1v) is 16.4. The van der Waals surface area contributed by atoms with Crippen molar-refractivity contribution in [3.05, 3.63) is 83.4 Å². The SMILES string of the molecule is CN[C@@H](C)C(=O)N[C@H](C(=O)N1CC(=O)N2[C@@H]1CN(C1CCc3ccccc3C1)C(=O)[C@@H]2Cc1ccc2ccccc2c1)C(C)(C)C. The summed E-state index contributed by atoms with van der Waals surface area (Å²) >= 11 is 0. The molecule has 2 saturated heterocycles. The molecule has 0 radical (unpaired) electrons. The highest BCUT2D eigenvalue weighted by Crippen LogP contribution is 2.34. The Morgan fingerprint density at radius 2 is 1.65 bits per heavy atom. The largest absolute Gasteiger partial charge is 0.342 e. The first-order valence-electron chi connectivity index (χ1n) is 16.4. The van der Waals surface area contributed by atoms with Crippen molar-refractivity contribution in [1.29, 1.82) is 0 Å². The normalized spacial score (nSPS) is 22.8. The van der Waals surface area contributed by atoms with Gasteiger partial charge in [0.25, 0.3) is 0 Å². The lowest BCUT2D eigenvalue weighted by Gasteiger charge is -2.48. The van der Waals surface area contributed by atoms with Crippen molar-refractivity contribution in [2.75, 3.05) is 20.1 Å². The maximum atomic E-state index is 14.5. The number of benzene rings is 3. The van der Waals surface area contributed by atoms with Crippen LogP contribution >= 0.6 is 0 Å². The van der Waals surface area contributed by atoms with Gasteiger partial charge in [-0.3, -0.25) is 19.2 Å². The zero-order valence-electron chi connectivity index (χ0n) is 27.5. The van der Waals surface area contributed by atoms with Crippen LogP contribution in [-0.2, 0) is 38.4 Å². The summed E-state index contributed by atoms with van der Waals surface area (Å²) in [6.45, 7) is 7.59. The molecule has 0 bridgehead atoms. The summed E-state index contributed by atoms with van der Waals surface area (Å²) in [4.78, 5) is 60.9. The second kappa shape index (κ2) is 12.5. The van der Waals surface area contributed by atoms with Crippen LogP contribution in [0.2, 0.25) is 0 Å². The van der Waals surface area contributed by atoms with Crippen LogP contribution in [0.5, 0.6) is 0 Å². The number of amides is 4. The fourth-order valence-electron chi connectivity index (χ4n) is 7.28. The molecule has 5 atom stereocenters. The summed E-state index contributed by atoms with van der Waals surface area (Å²) in [7, 11) is 1.70. The molecule has 3 aliphatic rings. The Morgan fingerprint density at radius 1 is 0.957 bits per heavy atom. The van der Waals surface area contributed by atoms with Gasteiger partial charge >= 0.3 is 0 Å². The average Bonchev–Trinajstić information content (AvgIpc) is 3.38. The van der Waals surface area contributed by atoms with E-state index < -0.39 is 29.7 Å². The number of carbonyl (C=O) groups excluding carboxylic acids is 4. The number of nitrogens with one attached hydrogen (secondary N) is 2. The predicted octanol–water partition coefficient (Wildman–Crippen LogP) is 3.29. The van der Waals surface area contributed by atoms with Crippen molar-refractivity contribution in [1.82, 2.24) is 25.3 Å². The summed E-state index contributed by atoms with van der Waals surface area (Å²) < 4.78 is 0. The number of aryl methyl sites for hydroxylation is 1. The van der Waals surface area contributed by atoms with Gasteiger partial charge in [-0.05, 0) is 66.1 Å². The molecule has 1 unspecified atom stereocenters. The number of nitrogens with zero attached hydrogens (tertiary/aromatic N) is 3. The first-order chi connectivity index (χ1) is 22.0. The molecular formula is C37H45N5O4. The summed E-state index contributed by atoms with van der Waals surface area (Å²) in [6.07, 6.45) is 2.17.